The number of hydrogen-bond acceptors (Lipinski definition) is 3. The van der Waals surface area contributed by atoms with Crippen LogP contribution in [0.2, 0.25) is 0 Å². The first-order valence-electron chi connectivity index (χ1n) is 10.4. The third kappa shape index (κ3) is 4.94. The Kier molecular flexibility index (Phi) is 6.89. The lowest BCUT2D eigenvalue weighted by Gasteiger charge is -2.24. The average Bonchev–Trinajstić information content (AvgIpc) is 2.77. The van der Waals surface area contributed by atoms with E-state index in [2.05, 4.69) is 0 Å². The summed E-state index contributed by atoms with van der Waals surface area (Å²) < 4.78 is 0. The maximum atomic E-state index is 12.9. The third-order valence-electron chi connectivity index (χ3n) is 5.96. The van der Waals surface area contributed by atoms with Crippen LogP contribution in [0.5, 0.6) is 0 Å². The van der Waals surface area contributed by atoms with Crippen LogP contribution in [0.4, 0.5) is 0 Å². The summed E-state index contributed by atoms with van der Waals surface area (Å²) in [6.45, 7) is 3.89. The normalized spacial score (nSPS) is 11.2. The van der Waals surface area contributed by atoms with Crippen molar-refractivity contribution in [3.8, 4) is 11.1 Å². The molecular formula is C27H26O5. The summed E-state index contributed by atoms with van der Waals surface area (Å²) >= 11 is 0. The number of Topliss-reactive ketones (excluding diaryl/α,β-unsaturated/α-hetero) is 1. The van der Waals surface area contributed by atoms with Crippen LogP contribution in [0, 0.1) is 19.3 Å². The highest BCUT2D eigenvalue weighted by Crippen LogP contribution is 2.32. The molecule has 5 heteroatoms. The lowest BCUT2D eigenvalue weighted by molar-refractivity contribution is -0.165. The molecule has 5 nitrogen and oxygen atoms in total. The van der Waals surface area contributed by atoms with Gasteiger partial charge in [-0.3, -0.25) is 14.4 Å². The van der Waals surface area contributed by atoms with Crippen LogP contribution in [0.25, 0.3) is 11.1 Å². The van der Waals surface area contributed by atoms with Crippen molar-refractivity contribution < 1.29 is 24.6 Å². The van der Waals surface area contributed by atoms with Crippen LogP contribution in [0.15, 0.2) is 72.8 Å². The number of ketones is 1. The van der Waals surface area contributed by atoms with E-state index in [9.17, 15) is 24.6 Å². The first kappa shape index (κ1) is 22.9. The van der Waals surface area contributed by atoms with E-state index in [1.54, 1.807) is 24.3 Å². The van der Waals surface area contributed by atoms with Crippen molar-refractivity contribution in [2.75, 3.05) is 0 Å². The molecule has 2 N–H and O–H groups in total. The number of carboxylic acid groups (broad SMARTS) is 2. The monoisotopic (exact) mass is 430 g/mol. The fourth-order valence-electron chi connectivity index (χ4n) is 3.75. The van der Waals surface area contributed by atoms with Gasteiger partial charge in [-0.15, -0.1) is 0 Å². The molecule has 0 aromatic heterocycles. The van der Waals surface area contributed by atoms with Crippen molar-refractivity contribution in [2.24, 2.45) is 5.41 Å². The highest BCUT2D eigenvalue weighted by Gasteiger charge is 2.48. The van der Waals surface area contributed by atoms with Crippen LogP contribution in [0.3, 0.4) is 0 Å². The zero-order valence-electron chi connectivity index (χ0n) is 18.2. The van der Waals surface area contributed by atoms with Gasteiger partial charge in [0.1, 0.15) is 0 Å². The Morgan fingerprint density at radius 2 is 1.28 bits per heavy atom. The second-order valence-electron chi connectivity index (χ2n) is 8.16. The van der Waals surface area contributed by atoms with E-state index in [1.807, 2.05) is 62.4 Å². The summed E-state index contributed by atoms with van der Waals surface area (Å²) in [6, 6.07) is 22.2. The topological polar surface area (TPSA) is 91.7 Å². The molecule has 0 saturated heterocycles. The van der Waals surface area contributed by atoms with E-state index >= 15 is 0 Å². The van der Waals surface area contributed by atoms with Gasteiger partial charge in [-0.05, 0) is 48.9 Å². The number of aryl methyl sites for hydroxylation is 3. The van der Waals surface area contributed by atoms with Gasteiger partial charge in [-0.1, -0.05) is 78.4 Å². The van der Waals surface area contributed by atoms with Crippen LogP contribution in [-0.2, 0) is 16.0 Å². The predicted octanol–water partition coefficient (Wildman–Crippen LogP) is 5.33. The van der Waals surface area contributed by atoms with Crippen molar-refractivity contribution >= 4 is 17.7 Å². The minimum atomic E-state index is -2.19. The van der Waals surface area contributed by atoms with Crippen molar-refractivity contribution in [3.63, 3.8) is 0 Å². The van der Waals surface area contributed by atoms with E-state index in [0.29, 0.717) is 5.56 Å². The summed E-state index contributed by atoms with van der Waals surface area (Å²) in [5.74, 6) is -3.50. The molecule has 3 aromatic carbocycles. The Labute approximate surface area is 187 Å². The Morgan fingerprint density at radius 3 is 1.81 bits per heavy atom. The first-order valence-corrected chi connectivity index (χ1v) is 10.4. The lowest BCUT2D eigenvalue weighted by Crippen LogP contribution is -2.41. The van der Waals surface area contributed by atoms with Gasteiger partial charge >= 0.3 is 11.9 Å². The van der Waals surface area contributed by atoms with Crippen LogP contribution in [0.1, 0.15) is 39.9 Å². The van der Waals surface area contributed by atoms with Gasteiger partial charge in [-0.2, -0.15) is 0 Å². The summed E-state index contributed by atoms with van der Waals surface area (Å²) in [5.41, 5.74) is 3.00. The quantitative estimate of drug-likeness (QED) is 0.354. The van der Waals surface area contributed by atoms with E-state index < -0.39 is 29.6 Å². The van der Waals surface area contributed by atoms with Crippen LogP contribution in [-0.4, -0.2) is 27.9 Å². The molecular weight excluding hydrogens is 404 g/mol. The van der Waals surface area contributed by atoms with Gasteiger partial charge in [0.25, 0.3) is 0 Å². The van der Waals surface area contributed by atoms with E-state index in [4.69, 9.17) is 0 Å². The highest BCUT2D eigenvalue weighted by atomic mass is 16.4. The molecule has 3 rings (SSSR count). The van der Waals surface area contributed by atoms with Gasteiger partial charge in [0.05, 0.1) is 0 Å². The summed E-state index contributed by atoms with van der Waals surface area (Å²) in [5, 5.41) is 19.6. The van der Waals surface area contributed by atoms with Gasteiger partial charge in [0.15, 0.2) is 11.2 Å². The molecule has 3 aromatic rings. The maximum Gasteiger partial charge on any atom is 0.321 e. The summed E-state index contributed by atoms with van der Waals surface area (Å²) in [7, 11) is 0. The molecule has 0 unspecified atom stereocenters. The van der Waals surface area contributed by atoms with Crippen LogP contribution < -0.4 is 0 Å². The molecule has 32 heavy (non-hydrogen) atoms. The fraction of sp³-hybridized carbons (Fsp3) is 0.222. The van der Waals surface area contributed by atoms with E-state index in [0.717, 1.165) is 27.8 Å². The van der Waals surface area contributed by atoms with Crippen molar-refractivity contribution in [1.29, 1.82) is 0 Å². The molecule has 0 aliphatic rings. The number of hydrogen-bond donors (Lipinski definition) is 2. The molecule has 0 saturated carbocycles. The van der Waals surface area contributed by atoms with Gasteiger partial charge in [0, 0.05) is 12.0 Å². The van der Waals surface area contributed by atoms with Crippen molar-refractivity contribution in [1.82, 2.24) is 0 Å². The SMILES string of the molecule is Cc1ccc(-c2ccc(C(=O)CC(CCc3ccccc3C)(C(=O)O)C(=O)O)cc2)cc1. The Morgan fingerprint density at radius 1 is 0.750 bits per heavy atom. The highest BCUT2D eigenvalue weighted by molar-refractivity contribution is 6.06. The number of carbonyl (C=O) groups excluding carboxylic acids is 1. The maximum absolute atomic E-state index is 12.9. The Bertz CT molecular complexity index is 1110. The number of aliphatic carboxylic acids is 2. The minimum Gasteiger partial charge on any atom is -0.480 e. The number of carboxylic acids is 2. The summed E-state index contributed by atoms with van der Waals surface area (Å²) in [4.78, 5) is 37.1. The standard InChI is InChI=1S/C27H26O5/c1-18-7-9-21(10-8-18)22-11-13-23(14-12-22)24(28)17-27(25(29)30,26(31)32)16-15-20-6-4-3-5-19(20)2/h3-14H,15-17H2,1-2H3,(H,29,30)(H,31,32). The van der Waals surface area contributed by atoms with E-state index in [-0.39, 0.29) is 12.8 Å². The van der Waals surface area contributed by atoms with Crippen molar-refractivity contribution in [3.05, 3.63) is 95.1 Å². The fourth-order valence-corrected chi connectivity index (χ4v) is 3.75. The molecule has 0 bridgehead atoms. The molecule has 0 fully saturated rings. The number of benzene rings is 3. The first-order chi connectivity index (χ1) is 15.2. The average molecular weight is 431 g/mol. The molecule has 0 atom stereocenters. The molecule has 0 radical (unpaired) electrons. The number of carbonyl (C=O) groups is 3. The molecule has 0 aliphatic heterocycles. The van der Waals surface area contributed by atoms with Gasteiger partial charge < -0.3 is 10.2 Å². The third-order valence-corrected chi connectivity index (χ3v) is 5.96. The van der Waals surface area contributed by atoms with E-state index in [1.165, 1.54) is 0 Å². The molecule has 0 aliphatic carbocycles. The van der Waals surface area contributed by atoms with Gasteiger partial charge in [0.2, 0.25) is 0 Å². The molecule has 0 heterocycles. The van der Waals surface area contributed by atoms with Gasteiger partial charge in [-0.25, -0.2) is 0 Å². The molecule has 0 spiro atoms. The van der Waals surface area contributed by atoms with Crippen molar-refractivity contribution in [2.45, 2.75) is 33.1 Å². The largest absolute Gasteiger partial charge is 0.480 e. The zero-order chi connectivity index (χ0) is 23.3. The Hall–Kier alpha value is -3.73. The second-order valence-corrected chi connectivity index (χ2v) is 8.16. The predicted molar refractivity (Wildman–Crippen MR) is 123 cm³/mol. The Balaban J connectivity index is 1.81. The summed E-state index contributed by atoms with van der Waals surface area (Å²) in [6.07, 6.45) is -0.520. The molecule has 164 valence electrons. The number of rotatable bonds is 9. The minimum absolute atomic E-state index is 0.171. The zero-order valence-corrected chi connectivity index (χ0v) is 18.2. The lowest BCUT2D eigenvalue weighted by atomic mass is 9.76. The smallest absolute Gasteiger partial charge is 0.321 e. The second kappa shape index (κ2) is 9.60. The molecule has 0 amide bonds. The van der Waals surface area contributed by atoms with Crippen LogP contribution >= 0.6 is 0 Å².